The number of nitrogens with zero attached hydrogens (tertiary/aromatic N) is 3. The summed E-state index contributed by atoms with van der Waals surface area (Å²) in [6.07, 6.45) is 2.53. The van der Waals surface area contributed by atoms with Crippen molar-refractivity contribution in [2.75, 3.05) is 38.1 Å². The molecule has 0 atom stereocenters. The number of hydrogen-bond donors (Lipinski definition) is 0. The second-order valence-electron chi connectivity index (χ2n) is 6.89. The molecule has 1 aromatic carbocycles. The normalized spacial score (nSPS) is 17.1. The van der Waals surface area contributed by atoms with Crippen LogP contribution in [0.25, 0.3) is 0 Å². The summed E-state index contributed by atoms with van der Waals surface area (Å²) in [5, 5.41) is 0. The van der Waals surface area contributed by atoms with Gasteiger partial charge >= 0.3 is 0 Å². The third-order valence-corrected chi connectivity index (χ3v) is 5.21. The summed E-state index contributed by atoms with van der Waals surface area (Å²) in [6, 6.07) is 8.76. The van der Waals surface area contributed by atoms with Crippen molar-refractivity contribution in [3.63, 3.8) is 0 Å². The minimum absolute atomic E-state index is 0.0384. The summed E-state index contributed by atoms with van der Waals surface area (Å²) in [5.74, 6) is 0.152. The van der Waals surface area contributed by atoms with E-state index in [1.165, 1.54) is 6.26 Å². The third kappa shape index (κ3) is 3.20. The molecule has 0 aliphatic carbocycles. The molecule has 0 radical (unpaired) electrons. The van der Waals surface area contributed by atoms with E-state index in [1.54, 1.807) is 39.9 Å². The summed E-state index contributed by atoms with van der Waals surface area (Å²) in [7, 11) is 1.75. The molecular weight excluding hydrogens is 346 g/mol. The Balaban J connectivity index is 1.45. The van der Waals surface area contributed by atoms with Crippen molar-refractivity contribution >= 4 is 23.4 Å². The molecule has 0 unspecified atom stereocenters. The summed E-state index contributed by atoms with van der Waals surface area (Å²) in [4.78, 5) is 42.3. The highest BCUT2D eigenvalue weighted by atomic mass is 16.3. The largest absolute Gasteiger partial charge is 0.459 e. The first-order valence-corrected chi connectivity index (χ1v) is 9.06. The highest BCUT2D eigenvalue weighted by Gasteiger charge is 2.27. The molecule has 0 N–H and O–H groups in total. The summed E-state index contributed by atoms with van der Waals surface area (Å²) >= 11 is 0. The molecule has 7 heteroatoms. The molecule has 27 heavy (non-hydrogen) atoms. The molecule has 0 saturated carbocycles. The van der Waals surface area contributed by atoms with Gasteiger partial charge in [0.2, 0.25) is 5.91 Å². The predicted octanol–water partition coefficient (Wildman–Crippen LogP) is 1.79. The van der Waals surface area contributed by atoms with E-state index in [4.69, 9.17) is 4.42 Å². The Morgan fingerprint density at radius 3 is 2.44 bits per heavy atom. The van der Waals surface area contributed by atoms with Crippen LogP contribution in [0.15, 0.2) is 41.0 Å². The molecular formula is C20H21N3O4. The van der Waals surface area contributed by atoms with E-state index in [0.717, 1.165) is 11.3 Å². The quantitative estimate of drug-likeness (QED) is 0.811. The first kappa shape index (κ1) is 17.3. The Hall–Kier alpha value is -3.09. The van der Waals surface area contributed by atoms with E-state index >= 15 is 0 Å². The minimum Gasteiger partial charge on any atom is -0.459 e. The van der Waals surface area contributed by atoms with Crippen LogP contribution in [0.2, 0.25) is 0 Å². The van der Waals surface area contributed by atoms with Gasteiger partial charge in [-0.2, -0.15) is 0 Å². The van der Waals surface area contributed by atoms with Gasteiger partial charge in [0.1, 0.15) is 0 Å². The van der Waals surface area contributed by atoms with Crippen LogP contribution in [0.3, 0.4) is 0 Å². The number of carbonyl (C=O) groups excluding carboxylic acids is 3. The number of furan rings is 1. The van der Waals surface area contributed by atoms with Crippen LogP contribution in [0.1, 0.15) is 32.9 Å². The Morgan fingerprint density at radius 2 is 1.74 bits per heavy atom. The Bertz CT molecular complexity index is 891. The van der Waals surface area contributed by atoms with Crippen molar-refractivity contribution in [1.29, 1.82) is 0 Å². The fraction of sp³-hybridized carbons (Fsp3) is 0.350. The zero-order chi connectivity index (χ0) is 19.0. The summed E-state index contributed by atoms with van der Waals surface area (Å²) in [5.41, 5.74) is 2.34. The summed E-state index contributed by atoms with van der Waals surface area (Å²) < 4.78 is 5.19. The number of benzene rings is 1. The first-order chi connectivity index (χ1) is 13.0. The zero-order valence-electron chi connectivity index (χ0n) is 15.2. The fourth-order valence-corrected chi connectivity index (χ4v) is 3.67. The van der Waals surface area contributed by atoms with Crippen LogP contribution in [0.4, 0.5) is 5.69 Å². The van der Waals surface area contributed by atoms with Crippen molar-refractivity contribution in [3.05, 3.63) is 53.5 Å². The molecule has 2 aliphatic heterocycles. The van der Waals surface area contributed by atoms with Gasteiger partial charge < -0.3 is 19.1 Å². The van der Waals surface area contributed by atoms with Gasteiger partial charge in [0.25, 0.3) is 11.8 Å². The lowest BCUT2D eigenvalue weighted by molar-refractivity contribution is -0.117. The second-order valence-corrected chi connectivity index (χ2v) is 6.89. The van der Waals surface area contributed by atoms with Gasteiger partial charge in [0, 0.05) is 44.5 Å². The molecule has 2 aromatic rings. The number of carbonyl (C=O) groups is 3. The van der Waals surface area contributed by atoms with Crippen molar-refractivity contribution in [2.24, 2.45) is 0 Å². The van der Waals surface area contributed by atoms with Crippen LogP contribution in [0.5, 0.6) is 0 Å². The van der Waals surface area contributed by atoms with Crippen LogP contribution < -0.4 is 4.90 Å². The minimum atomic E-state index is -0.145. The smallest absolute Gasteiger partial charge is 0.289 e. The maximum atomic E-state index is 12.9. The molecule has 3 heterocycles. The van der Waals surface area contributed by atoms with Crippen molar-refractivity contribution < 1.29 is 18.8 Å². The highest BCUT2D eigenvalue weighted by molar-refractivity contribution is 6.03. The van der Waals surface area contributed by atoms with E-state index in [0.29, 0.717) is 50.3 Å². The monoisotopic (exact) mass is 367 g/mol. The lowest BCUT2D eigenvalue weighted by atomic mass is 10.1. The number of fused-ring (bicyclic) bond motifs is 1. The molecule has 1 saturated heterocycles. The molecule has 1 fully saturated rings. The number of hydrogen-bond acceptors (Lipinski definition) is 4. The van der Waals surface area contributed by atoms with Gasteiger partial charge in [-0.15, -0.1) is 0 Å². The van der Waals surface area contributed by atoms with Crippen LogP contribution in [-0.4, -0.2) is 60.7 Å². The topological polar surface area (TPSA) is 74.1 Å². The van der Waals surface area contributed by atoms with E-state index in [-0.39, 0.29) is 17.7 Å². The molecule has 0 bridgehead atoms. The second kappa shape index (κ2) is 6.90. The molecule has 4 rings (SSSR count). The van der Waals surface area contributed by atoms with Crippen LogP contribution in [0, 0.1) is 0 Å². The van der Waals surface area contributed by atoms with E-state index in [1.807, 2.05) is 12.1 Å². The SMILES string of the molecule is CN1C(=O)Cc2cc(C(=O)N3CCCN(C(=O)c4ccco4)CC3)ccc21. The number of likely N-dealkylation sites (N-methyl/N-ethyl adjacent to an activating group) is 1. The van der Waals surface area contributed by atoms with Crippen molar-refractivity contribution in [2.45, 2.75) is 12.8 Å². The van der Waals surface area contributed by atoms with E-state index in [9.17, 15) is 14.4 Å². The molecule has 7 nitrogen and oxygen atoms in total. The van der Waals surface area contributed by atoms with Gasteiger partial charge in [0.15, 0.2) is 5.76 Å². The lowest BCUT2D eigenvalue weighted by Crippen LogP contribution is -2.37. The lowest BCUT2D eigenvalue weighted by Gasteiger charge is -2.22. The average Bonchev–Trinajstić information content (AvgIpc) is 3.22. The maximum Gasteiger partial charge on any atom is 0.289 e. The first-order valence-electron chi connectivity index (χ1n) is 9.06. The van der Waals surface area contributed by atoms with E-state index < -0.39 is 0 Å². The van der Waals surface area contributed by atoms with Gasteiger partial charge in [-0.3, -0.25) is 14.4 Å². The van der Waals surface area contributed by atoms with Crippen LogP contribution >= 0.6 is 0 Å². The van der Waals surface area contributed by atoms with Gasteiger partial charge in [-0.1, -0.05) is 0 Å². The van der Waals surface area contributed by atoms with Crippen LogP contribution in [-0.2, 0) is 11.2 Å². The molecule has 0 spiro atoms. The van der Waals surface area contributed by atoms with Crippen molar-refractivity contribution in [3.8, 4) is 0 Å². The molecule has 1 aromatic heterocycles. The van der Waals surface area contributed by atoms with E-state index in [2.05, 4.69) is 0 Å². The fourth-order valence-electron chi connectivity index (χ4n) is 3.67. The third-order valence-electron chi connectivity index (χ3n) is 5.21. The summed E-state index contributed by atoms with van der Waals surface area (Å²) in [6.45, 7) is 2.13. The van der Waals surface area contributed by atoms with Gasteiger partial charge in [-0.25, -0.2) is 0 Å². The Morgan fingerprint density at radius 1 is 1.00 bits per heavy atom. The Labute approximate surface area is 157 Å². The molecule has 140 valence electrons. The predicted molar refractivity (Wildman–Crippen MR) is 98.7 cm³/mol. The number of anilines is 1. The highest BCUT2D eigenvalue weighted by Crippen LogP contribution is 2.28. The van der Waals surface area contributed by atoms with Gasteiger partial charge in [0.05, 0.1) is 12.7 Å². The average molecular weight is 367 g/mol. The zero-order valence-corrected chi connectivity index (χ0v) is 15.2. The van der Waals surface area contributed by atoms with Crippen molar-refractivity contribution in [1.82, 2.24) is 9.80 Å². The standard InChI is InChI=1S/C20H21N3O4/c1-21-16-6-5-14(12-15(16)13-18(21)24)19(25)22-7-3-8-23(10-9-22)20(26)17-4-2-11-27-17/h2,4-6,11-12H,3,7-10,13H2,1H3. The molecule has 3 amide bonds. The molecule has 2 aliphatic rings. The van der Waals surface area contributed by atoms with Gasteiger partial charge in [-0.05, 0) is 42.3 Å². The maximum absolute atomic E-state index is 12.9. The number of amides is 3. The number of rotatable bonds is 2. The Kier molecular flexibility index (Phi) is 4.43.